The summed E-state index contributed by atoms with van der Waals surface area (Å²) in [6.45, 7) is 3.26. The summed E-state index contributed by atoms with van der Waals surface area (Å²) in [5, 5.41) is 0. The monoisotopic (exact) mass is 259 g/mol. The molecule has 100 valence electrons. The van der Waals surface area contributed by atoms with Crippen LogP contribution in [-0.2, 0) is 11.2 Å². The first-order valence-corrected chi connectivity index (χ1v) is 6.63. The highest BCUT2D eigenvalue weighted by Crippen LogP contribution is 2.28. The molecule has 5 heteroatoms. The Labute approximate surface area is 112 Å². The van der Waals surface area contributed by atoms with Gasteiger partial charge in [-0.25, -0.2) is 4.79 Å². The van der Waals surface area contributed by atoms with Crippen molar-refractivity contribution in [3.63, 3.8) is 0 Å². The van der Waals surface area contributed by atoms with Crippen LogP contribution < -0.4 is 4.90 Å². The lowest BCUT2D eigenvalue weighted by Gasteiger charge is -2.35. The first kappa shape index (κ1) is 12.0. The Hall–Kier alpha value is -2.04. The SMILES string of the molecule is O=CN1CCN(C(=O)N2CCc3ccccc32)CC1. The normalized spacial score (nSPS) is 18.4. The van der Waals surface area contributed by atoms with Crippen LogP contribution in [0.3, 0.4) is 0 Å². The lowest BCUT2D eigenvalue weighted by atomic mass is 10.2. The molecular formula is C14H17N3O2. The van der Waals surface area contributed by atoms with Gasteiger partial charge in [0.15, 0.2) is 0 Å². The topological polar surface area (TPSA) is 43.9 Å². The van der Waals surface area contributed by atoms with Crippen molar-refractivity contribution in [3.05, 3.63) is 29.8 Å². The van der Waals surface area contributed by atoms with Gasteiger partial charge < -0.3 is 9.80 Å². The highest BCUT2D eigenvalue weighted by Gasteiger charge is 2.29. The van der Waals surface area contributed by atoms with Crippen LogP contribution in [0.15, 0.2) is 24.3 Å². The number of anilines is 1. The van der Waals surface area contributed by atoms with Crippen LogP contribution in [0.5, 0.6) is 0 Å². The largest absolute Gasteiger partial charge is 0.342 e. The van der Waals surface area contributed by atoms with Crippen molar-refractivity contribution in [2.45, 2.75) is 6.42 Å². The molecule has 2 aliphatic heterocycles. The van der Waals surface area contributed by atoms with Gasteiger partial charge in [0, 0.05) is 38.4 Å². The number of fused-ring (bicyclic) bond motifs is 1. The molecule has 3 amide bonds. The lowest BCUT2D eigenvalue weighted by molar-refractivity contribution is -0.119. The molecule has 1 aromatic carbocycles. The molecule has 0 N–H and O–H groups in total. The minimum absolute atomic E-state index is 0.0653. The van der Waals surface area contributed by atoms with Gasteiger partial charge >= 0.3 is 6.03 Å². The standard InChI is InChI=1S/C14H17N3O2/c18-11-15-7-9-16(10-8-15)14(19)17-6-5-12-3-1-2-4-13(12)17/h1-4,11H,5-10H2. The van der Waals surface area contributed by atoms with Gasteiger partial charge in [0.25, 0.3) is 0 Å². The summed E-state index contributed by atoms with van der Waals surface area (Å²) in [4.78, 5) is 28.6. The van der Waals surface area contributed by atoms with Crippen molar-refractivity contribution in [2.24, 2.45) is 0 Å². The average molecular weight is 259 g/mol. The van der Waals surface area contributed by atoms with E-state index >= 15 is 0 Å². The maximum atomic E-state index is 12.5. The zero-order chi connectivity index (χ0) is 13.2. The zero-order valence-corrected chi connectivity index (χ0v) is 10.8. The number of para-hydroxylation sites is 1. The van der Waals surface area contributed by atoms with E-state index in [0.29, 0.717) is 26.2 Å². The second-order valence-electron chi connectivity index (χ2n) is 4.94. The Kier molecular flexibility index (Phi) is 3.11. The number of carbonyl (C=O) groups excluding carboxylic acids is 2. The van der Waals surface area contributed by atoms with E-state index in [2.05, 4.69) is 6.07 Å². The first-order chi connectivity index (χ1) is 9.29. The molecule has 3 rings (SSSR count). The Morgan fingerprint density at radius 1 is 1.05 bits per heavy atom. The predicted octanol–water partition coefficient (Wildman–Crippen LogP) is 0.943. The van der Waals surface area contributed by atoms with Crippen molar-refractivity contribution in [2.75, 3.05) is 37.6 Å². The van der Waals surface area contributed by atoms with Gasteiger partial charge in [-0.05, 0) is 18.1 Å². The van der Waals surface area contributed by atoms with Gasteiger partial charge in [0.05, 0.1) is 0 Å². The third-order valence-electron chi connectivity index (χ3n) is 3.85. The highest BCUT2D eigenvalue weighted by atomic mass is 16.2. The Morgan fingerprint density at radius 2 is 1.79 bits per heavy atom. The van der Waals surface area contributed by atoms with Crippen LogP contribution in [0.4, 0.5) is 10.5 Å². The Bertz CT molecular complexity index is 495. The third kappa shape index (κ3) is 2.16. The van der Waals surface area contributed by atoms with Crippen LogP contribution >= 0.6 is 0 Å². The summed E-state index contributed by atoms with van der Waals surface area (Å²) in [7, 11) is 0. The number of nitrogens with zero attached hydrogens (tertiary/aromatic N) is 3. The fraction of sp³-hybridized carbons (Fsp3) is 0.429. The number of carbonyl (C=O) groups is 2. The van der Waals surface area contributed by atoms with E-state index < -0.39 is 0 Å². The second-order valence-corrected chi connectivity index (χ2v) is 4.94. The molecule has 0 saturated carbocycles. The van der Waals surface area contributed by atoms with Gasteiger partial charge in [0.2, 0.25) is 6.41 Å². The summed E-state index contributed by atoms with van der Waals surface area (Å²) < 4.78 is 0. The summed E-state index contributed by atoms with van der Waals surface area (Å²) in [6.07, 6.45) is 1.78. The molecule has 1 aromatic rings. The maximum absolute atomic E-state index is 12.5. The quantitative estimate of drug-likeness (QED) is 0.705. The summed E-state index contributed by atoms with van der Waals surface area (Å²) in [6, 6.07) is 8.12. The first-order valence-electron chi connectivity index (χ1n) is 6.63. The third-order valence-corrected chi connectivity index (χ3v) is 3.85. The van der Waals surface area contributed by atoms with Crippen LogP contribution in [0.25, 0.3) is 0 Å². The average Bonchev–Trinajstić information content (AvgIpc) is 2.90. The van der Waals surface area contributed by atoms with Crippen molar-refractivity contribution < 1.29 is 9.59 Å². The van der Waals surface area contributed by atoms with Gasteiger partial charge in [-0.15, -0.1) is 0 Å². The van der Waals surface area contributed by atoms with E-state index in [4.69, 9.17) is 0 Å². The van der Waals surface area contributed by atoms with Crippen molar-refractivity contribution >= 4 is 18.1 Å². The molecule has 0 spiro atoms. The van der Waals surface area contributed by atoms with Crippen LogP contribution in [-0.4, -0.2) is 55.0 Å². The summed E-state index contributed by atoms with van der Waals surface area (Å²) in [5.41, 5.74) is 2.27. The smallest absolute Gasteiger partial charge is 0.324 e. The van der Waals surface area contributed by atoms with Crippen molar-refractivity contribution in [1.82, 2.24) is 9.80 Å². The summed E-state index contributed by atoms with van der Waals surface area (Å²) in [5.74, 6) is 0. The minimum atomic E-state index is 0.0653. The maximum Gasteiger partial charge on any atom is 0.324 e. The number of urea groups is 1. The highest BCUT2D eigenvalue weighted by molar-refractivity contribution is 5.94. The van der Waals surface area contributed by atoms with Crippen molar-refractivity contribution in [1.29, 1.82) is 0 Å². The molecule has 1 saturated heterocycles. The van der Waals surface area contributed by atoms with Crippen LogP contribution in [0, 0.1) is 0 Å². The molecule has 0 aliphatic carbocycles. The van der Waals surface area contributed by atoms with E-state index in [9.17, 15) is 9.59 Å². The number of benzene rings is 1. The Balaban J connectivity index is 1.71. The van der Waals surface area contributed by atoms with Gasteiger partial charge in [-0.3, -0.25) is 9.69 Å². The molecule has 0 bridgehead atoms. The molecule has 1 fully saturated rings. The van der Waals surface area contributed by atoms with E-state index in [-0.39, 0.29) is 6.03 Å². The molecule has 0 unspecified atom stereocenters. The van der Waals surface area contributed by atoms with Crippen LogP contribution in [0.1, 0.15) is 5.56 Å². The van der Waals surface area contributed by atoms with Gasteiger partial charge in [0.1, 0.15) is 0 Å². The molecule has 2 heterocycles. The number of hydrogen-bond acceptors (Lipinski definition) is 2. The van der Waals surface area contributed by atoms with E-state index in [0.717, 1.165) is 25.1 Å². The zero-order valence-electron chi connectivity index (χ0n) is 10.8. The molecule has 0 atom stereocenters. The molecule has 5 nitrogen and oxygen atoms in total. The minimum Gasteiger partial charge on any atom is -0.342 e. The van der Waals surface area contributed by atoms with Crippen molar-refractivity contribution in [3.8, 4) is 0 Å². The van der Waals surface area contributed by atoms with Crippen LogP contribution in [0.2, 0.25) is 0 Å². The fourth-order valence-electron chi connectivity index (χ4n) is 2.73. The van der Waals surface area contributed by atoms with E-state index in [1.807, 2.05) is 28.0 Å². The van der Waals surface area contributed by atoms with Gasteiger partial charge in [-0.2, -0.15) is 0 Å². The number of hydrogen-bond donors (Lipinski definition) is 0. The molecule has 2 aliphatic rings. The molecule has 19 heavy (non-hydrogen) atoms. The molecular weight excluding hydrogens is 242 g/mol. The predicted molar refractivity (Wildman–Crippen MR) is 72.1 cm³/mol. The lowest BCUT2D eigenvalue weighted by Crippen LogP contribution is -2.52. The second kappa shape index (κ2) is 4.91. The number of amides is 3. The molecule has 0 aromatic heterocycles. The fourth-order valence-corrected chi connectivity index (χ4v) is 2.73. The van der Waals surface area contributed by atoms with E-state index in [1.165, 1.54) is 5.56 Å². The Morgan fingerprint density at radius 3 is 2.53 bits per heavy atom. The number of piperazine rings is 1. The molecule has 0 radical (unpaired) electrons. The summed E-state index contributed by atoms with van der Waals surface area (Å²) >= 11 is 0. The van der Waals surface area contributed by atoms with E-state index in [1.54, 1.807) is 4.90 Å². The number of rotatable bonds is 1. The van der Waals surface area contributed by atoms with Gasteiger partial charge in [-0.1, -0.05) is 18.2 Å².